The maximum atomic E-state index is 12.9. The van der Waals surface area contributed by atoms with Crippen molar-refractivity contribution in [2.45, 2.75) is 0 Å². The first kappa shape index (κ1) is 21.5. The molecule has 0 heterocycles. The zero-order chi connectivity index (χ0) is 22.1. The average molecular weight is 414 g/mol. The van der Waals surface area contributed by atoms with Gasteiger partial charge in [0.25, 0.3) is 0 Å². The third-order valence-electron chi connectivity index (χ3n) is 4.40. The highest BCUT2D eigenvalue weighted by Crippen LogP contribution is 2.20. The summed E-state index contributed by atoms with van der Waals surface area (Å²) >= 11 is 0. The van der Waals surface area contributed by atoms with E-state index in [0.29, 0.717) is 22.5 Å². The molecule has 0 aromatic heterocycles. The number of hydrogen-bond donors (Lipinski definition) is 1. The first-order valence-corrected chi connectivity index (χ1v) is 9.69. The molecule has 1 N–H and O–H groups in total. The average Bonchev–Trinajstić information content (AvgIpc) is 2.82. The highest BCUT2D eigenvalue weighted by atomic mass is 16.6. The summed E-state index contributed by atoms with van der Waals surface area (Å²) in [4.78, 5) is 39.4. The minimum absolute atomic E-state index is 0.0260. The van der Waals surface area contributed by atoms with Gasteiger partial charge in [0.1, 0.15) is 13.2 Å². The summed E-state index contributed by atoms with van der Waals surface area (Å²) in [6.07, 6.45) is 0.780. The standard InChI is InChI=1S/C25H22N2O4/c1-2-17-31-25(30)27(20-13-7-4-8-14-20)18-23(28)26-22-16-10-9-15-21(22)24(29)19-11-5-3-6-12-19/h2-16H,1,17-18H2,(H,26,28). The van der Waals surface area contributed by atoms with Crippen molar-refractivity contribution in [1.82, 2.24) is 0 Å². The second-order valence-electron chi connectivity index (χ2n) is 6.58. The van der Waals surface area contributed by atoms with Crippen molar-refractivity contribution in [2.24, 2.45) is 0 Å². The molecule has 31 heavy (non-hydrogen) atoms. The van der Waals surface area contributed by atoms with E-state index in [9.17, 15) is 14.4 Å². The zero-order valence-corrected chi connectivity index (χ0v) is 16.9. The second-order valence-corrected chi connectivity index (χ2v) is 6.58. The van der Waals surface area contributed by atoms with Gasteiger partial charge in [0, 0.05) is 16.8 Å². The Kier molecular flexibility index (Phi) is 7.32. The van der Waals surface area contributed by atoms with Gasteiger partial charge in [0.2, 0.25) is 5.91 Å². The topological polar surface area (TPSA) is 75.7 Å². The van der Waals surface area contributed by atoms with Crippen molar-refractivity contribution in [3.8, 4) is 0 Å². The molecule has 0 fully saturated rings. The van der Waals surface area contributed by atoms with Crippen LogP contribution in [0.1, 0.15) is 15.9 Å². The summed E-state index contributed by atoms with van der Waals surface area (Å²) in [6, 6.07) is 24.3. The predicted octanol–water partition coefficient (Wildman–Crippen LogP) is 4.69. The molecule has 0 unspecified atom stereocenters. The highest BCUT2D eigenvalue weighted by molar-refractivity contribution is 6.14. The summed E-state index contributed by atoms with van der Waals surface area (Å²) in [7, 11) is 0. The number of nitrogens with zero attached hydrogens (tertiary/aromatic N) is 1. The van der Waals surface area contributed by atoms with E-state index in [1.54, 1.807) is 72.8 Å². The molecule has 0 atom stereocenters. The Bertz CT molecular complexity index is 1070. The van der Waals surface area contributed by atoms with Crippen LogP contribution in [0.3, 0.4) is 0 Å². The van der Waals surface area contributed by atoms with E-state index in [1.807, 2.05) is 12.1 Å². The van der Waals surface area contributed by atoms with Crippen LogP contribution >= 0.6 is 0 Å². The fraction of sp³-hybridized carbons (Fsp3) is 0.0800. The molecule has 156 valence electrons. The van der Waals surface area contributed by atoms with E-state index in [1.165, 1.54) is 11.0 Å². The molecular weight excluding hydrogens is 392 g/mol. The van der Waals surface area contributed by atoms with Gasteiger partial charge >= 0.3 is 6.09 Å². The van der Waals surface area contributed by atoms with Crippen LogP contribution in [0.5, 0.6) is 0 Å². The summed E-state index contributed by atoms with van der Waals surface area (Å²) in [5, 5.41) is 2.74. The lowest BCUT2D eigenvalue weighted by atomic mass is 10.0. The van der Waals surface area contributed by atoms with Crippen LogP contribution in [-0.2, 0) is 9.53 Å². The molecule has 0 spiro atoms. The Morgan fingerprint density at radius 3 is 2.16 bits per heavy atom. The number of ketones is 1. The molecule has 3 aromatic rings. The monoisotopic (exact) mass is 414 g/mol. The third kappa shape index (κ3) is 5.67. The molecule has 3 rings (SSSR count). The van der Waals surface area contributed by atoms with Crippen LogP contribution in [-0.4, -0.2) is 30.9 Å². The van der Waals surface area contributed by atoms with Crippen LogP contribution in [0, 0.1) is 0 Å². The Morgan fingerprint density at radius 2 is 1.48 bits per heavy atom. The number of hydrogen-bond acceptors (Lipinski definition) is 4. The molecule has 6 heteroatoms. The smallest absolute Gasteiger partial charge is 0.415 e. The number of anilines is 2. The first-order valence-electron chi connectivity index (χ1n) is 9.69. The maximum Gasteiger partial charge on any atom is 0.415 e. The maximum absolute atomic E-state index is 12.9. The molecule has 0 saturated carbocycles. The van der Waals surface area contributed by atoms with E-state index in [0.717, 1.165) is 0 Å². The number of para-hydroxylation sites is 2. The summed E-state index contributed by atoms with van der Waals surface area (Å²) in [5.74, 6) is -0.672. The Balaban J connectivity index is 1.79. The fourth-order valence-corrected chi connectivity index (χ4v) is 2.95. The van der Waals surface area contributed by atoms with Crippen molar-refractivity contribution in [2.75, 3.05) is 23.4 Å². The van der Waals surface area contributed by atoms with E-state index < -0.39 is 12.0 Å². The van der Waals surface area contributed by atoms with Crippen molar-refractivity contribution < 1.29 is 19.1 Å². The molecule has 0 aliphatic rings. The number of benzene rings is 3. The van der Waals surface area contributed by atoms with E-state index >= 15 is 0 Å². The molecule has 3 aromatic carbocycles. The quantitative estimate of drug-likeness (QED) is 0.429. The SMILES string of the molecule is C=CCOC(=O)N(CC(=O)Nc1ccccc1C(=O)c1ccccc1)c1ccccc1. The van der Waals surface area contributed by atoms with Crippen LogP contribution in [0.2, 0.25) is 0 Å². The van der Waals surface area contributed by atoms with Gasteiger partial charge in [-0.3, -0.25) is 14.5 Å². The number of carbonyl (C=O) groups is 3. The molecule has 0 radical (unpaired) electrons. The van der Waals surface area contributed by atoms with E-state index in [2.05, 4.69) is 11.9 Å². The molecule has 0 aliphatic heterocycles. The molecular formula is C25H22N2O4. The minimum Gasteiger partial charge on any atom is -0.445 e. The number of ether oxygens (including phenoxy) is 1. The van der Waals surface area contributed by atoms with Gasteiger partial charge in [0.05, 0.1) is 5.69 Å². The first-order chi connectivity index (χ1) is 15.1. The van der Waals surface area contributed by atoms with E-state index in [4.69, 9.17) is 4.74 Å². The van der Waals surface area contributed by atoms with Gasteiger partial charge in [-0.05, 0) is 24.3 Å². The molecule has 0 bridgehead atoms. The molecule has 0 aliphatic carbocycles. The van der Waals surface area contributed by atoms with Crippen LogP contribution in [0.4, 0.5) is 16.2 Å². The second kappa shape index (κ2) is 10.5. The third-order valence-corrected chi connectivity index (χ3v) is 4.40. The minimum atomic E-state index is -0.671. The van der Waals surface area contributed by atoms with Crippen LogP contribution in [0.15, 0.2) is 97.6 Å². The number of rotatable bonds is 8. The largest absolute Gasteiger partial charge is 0.445 e. The lowest BCUT2D eigenvalue weighted by Crippen LogP contribution is -2.38. The van der Waals surface area contributed by atoms with Crippen molar-refractivity contribution in [3.05, 3.63) is 109 Å². The summed E-state index contributed by atoms with van der Waals surface area (Å²) in [5.41, 5.74) is 1.76. The fourth-order valence-electron chi connectivity index (χ4n) is 2.95. The zero-order valence-electron chi connectivity index (χ0n) is 16.9. The van der Waals surface area contributed by atoms with Gasteiger partial charge < -0.3 is 10.1 Å². The Labute approximate surface area is 180 Å². The van der Waals surface area contributed by atoms with Crippen molar-refractivity contribution in [1.29, 1.82) is 0 Å². The number of carbonyl (C=O) groups excluding carboxylic acids is 3. The van der Waals surface area contributed by atoms with Gasteiger partial charge in [-0.2, -0.15) is 0 Å². The van der Waals surface area contributed by atoms with Gasteiger partial charge in [-0.25, -0.2) is 4.79 Å². The van der Waals surface area contributed by atoms with Crippen molar-refractivity contribution >= 4 is 29.2 Å². The number of nitrogens with one attached hydrogen (secondary N) is 1. The van der Waals surface area contributed by atoms with Gasteiger partial charge in [0.15, 0.2) is 5.78 Å². The summed E-state index contributed by atoms with van der Waals surface area (Å²) < 4.78 is 5.11. The van der Waals surface area contributed by atoms with Crippen LogP contribution in [0.25, 0.3) is 0 Å². The van der Waals surface area contributed by atoms with Gasteiger partial charge in [-0.15, -0.1) is 0 Å². The van der Waals surface area contributed by atoms with Gasteiger partial charge in [-0.1, -0.05) is 73.3 Å². The molecule has 6 nitrogen and oxygen atoms in total. The highest BCUT2D eigenvalue weighted by Gasteiger charge is 2.22. The van der Waals surface area contributed by atoms with Crippen molar-refractivity contribution in [3.63, 3.8) is 0 Å². The van der Waals surface area contributed by atoms with E-state index in [-0.39, 0.29) is 18.9 Å². The Morgan fingerprint density at radius 1 is 0.871 bits per heavy atom. The lowest BCUT2D eigenvalue weighted by molar-refractivity contribution is -0.115. The lowest BCUT2D eigenvalue weighted by Gasteiger charge is -2.21. The number of amides is 2. The summed E-state index contributed by atoms with van der Waals surface area (Å²) in [6.45, 7) is 3.27. The molecule has 0 saturated heterocycles. The molecule has 2 amide bonds. The normalized spacial score (nSPS) is 10.1. The Hall–Kier alpha value is -4.19. The van der Waals surface area contributed by atoms with Crippen LogP contribution < -0.4 is 10.2 Å². The predicted molar refractivity (Wildman–Crippen MR) is 120 cm³/mol.